The van der Waals surface area contributed by atoms with Crippen molar-refractivity contribution in [1.82, 2.24) is 9.55 Å². The highest BCUT2D eigenvalue weighted by Crippen LogP contribution is 2.39. The maximum absolute atomic E-state index is 14.8. The number of nitrogens with zero attached hydrogens (tertiary/aromatic N) is 2. The molecule has 2 heterocycles. The van der Waals surface area contributed by atoms with Gasteiger partial charge in [0.1, 0.15) is 30.7 Å². The lowest BCUT2D eigenvalue weighted by atomic mass is 10.1. The highest BCUT2D eigenvalue weighted by molar-refractivity contribution is 6.33. The third-order valence-electron chi connectivity index (χ3n) is 4.98. The first kappa shape index (κ1) is 19.2. The maximum atomic E-state index is 14.8. The van der Waals surface area contributed by atoms with E-state index in [1.165, 1.54) is 24.3 Å². The molecule has 0 unspecified atom stereocenters. The van der Waals surface area contributed by atoms with Crippen molar-refractivity contribution in [1.29, 1.82) is 0 Å². The van der Waals surface area contributed by atoms with Gasteiger partial charge in [0.15, 0.2) is 11.5 Å². The molecule has 0 bridgehead atoms. The molecule has 152 valence electrons. The second-order valence-corrected chi connectivity index (χ2v) is 7.62. The molecule has 0 radical (unpaired) electrons. The van der Waals surface area contributed by atoms with E-state index in [2.05, 4.69) is 4.98 Å². The van der Waals surface area contributed by atoms with E-state index in [1.807, 2.05) is 0 Å². The van der Waals surface area contributed by atoms with Crippen molar-refractivity contribution < 1.29 is 18.3 Å². The lowest BCUT2D eigenvalue weighted by Crippen LogP contribution is -2.15. The van der Waals surface area contributed by atoms with E-state index >= 15 is 0 Å². The van der Waals surface area contributed by atoms with Crippen LogP contribution in [0.5, 0.6) is 11.5 Å². The summed E-state index contributed by atoms with van der Waals surface area (Å²) in [5.41, 5.74) is 1.55. The molecular formula is C22H14Cl2F2N2O2. The molecule has 0 fully saturated rings. The molecule has 0 atom stereocenters. The minimum absolute atomic E-state index is 0.0294. The lowest BCUT2D eigenvalue weighted by molar-refractivity contribution is 0.172. The second kappa shape index (κ2) is 7.45. The topological polar surface area (TPSA) is 36.3 Å². The number of hydrogen-bond acceptors (Lipinski definition) is 3. The maximum Gasteiger partial charge on any atom is 0.163 e. The normalized spacial score (nSPS) is 13.1. The average molecular weight is 447 g/mol. The van der Waals surface area contributed by atoms with Crippen molar-refractivity contribution in [3.63, 3.8) is 0 Å². The summed E-state index contributed by atoms with van der Waals surface area (Å²) in [5, 5.41) is 0.462. The van der Waals surface area contributed by atoms with Crippen molar-refractivity contribution in [2.45, 2.75) is 6.54 Å². The van der Waals surface area contributed by atoms with Gasteiger partial charge in [-0.15, -0.1) is 0 Å². The molecule has 3 aromatic carbocycles. The zero-order valence-corrected chi connectivity index (χ0v) is 17.0. The first-order chi connectivity index (χ1) is 14.5. The van der Waals surface area contributed by atoms with Gasteiger partial charge in [-0.1, -0.05) is 35.3 Å². The van der Waals surface area contributed by atoms with Crippen LogP contribution in [0.25, 0.3) is 22.4 Å². The second-order valence-electron chi connectivity index (χ2n) is 6.80. The summed E-state index contributed by atoms with van der Waals surface area (Å²) >= 11 is 12.6. The Morgan fingerprint density at radius 1 is 0.900 bits per heavy atom. The van der Waals surface area contributed by atoms with Gasteiger partial charge in [-0.2, -0.15) is 0 Å². The van der Waals surface area contributed by atoms with Crippen LogP contribution in [0.2, 0.25) is 10.0 Å². The minimum atomic E-state index is -0.532. The number of ether oxygens (including phenoxy) is 2. The summed E-state index contributed by atoms with van der Waals surface area (Å²) in [6, 6.07) is 12.3. The van der Waals surface area contributed by atoms with Gasteiger partial charge in [-0.3, -0.25) is 0 Å². The Bertz CT molecular complexity index is 1250. The molecule has 1 aromatic heterocycles. The molecule has 0 saturated carbocycles. The monoisotopic (exact) mass is 446 g/mol. The number of hydrogen-bond donors (Lipinski definition) is 0. The smallest absolute Gasteiger partial charge is 0.163 e. The van der Waals surface area contributed by atoms with Gasteiger partial charge in [0.25, 0.3) is 0 Å². The molecule has 0 N–H and O–H groups in total. The summed E-state index contributed by atoms with van der Waals surface area (Å²) in [4.78, 5) is 4.61. The predicted molar refractivity (Wildman–Crippen MR) is 112 cm³/mol. The number of halogens is 4. The number of aromatic nitrogens is 2. The van der Waals surface area contributed by atoms with Gasteiger partial charge in [0, 0.05) is 22.7 Å². The average Bonchev–Trinajstić information content (AvgIpc) is 3.06. The van der Waals surface area contributed by atoms with E-state index in [-0.39, 0.29) is 33.5 Å². The summed E-state index contributed by atoms with van der Waals surface area (Å²) in [6.45, 7) is 0.871. The molecule has 4 nitrogen and oxygen atoms in total. The van der Waals surface area contributed by atoms with Crippen molar-refractivity contribution >= 4 is 34.2 Å². The van der Waals surface area contributed by atoms with E-state index in [1.54, 1.807) is 28.8 Å². The molecule has 1 aliphatic heterocycles. The number of fused-ring (bicyclic) bond motifs is 2. The van der Waals surface area contributed by atoms with Crippen LogP contribution in [0.1, 0.15) is 5.56 Å². The lowest BCUT2D eigenvalue weighted by Gasteiger charge is -2.18. The van der Waals surface area contributed by atoms with Gasteiger partial charge in [0.2, 0.25) is 0 Å². The van der Waals surface area contributed by atoms with Crippen LogP contribution in [0, 0.1) is 11.6 Å². The van der Waals surface area contributed by atoms with Crippen molar-refractivity contribution in [2.75, 3.05) is 13.2 Å². The highest BCUT2D eigenvalue weighted by atomic mass is 35.5. The third kappa shape index (κ3) is 3.16. The summed E-state index contributed by atoms with van der Waals surface area (Å²) in [7, 11) is 0. The molecule has 0 amide bonds. The fraction of sp³-hybridized carbons (Fsp3) is 0.136. The van der Waals surface area contributed by atoms with Crippen LogP contribution in [0.15, 0.2) is 48.5 Å². The van der Waals surface area contributed by atoms with Gasteiger partial charge >= 0.3 is 0 Å². The van der Waals surface area contributed by atoms with Gasteiger partial charge in [-0.05, 0) is 24.3 Å². The Morgan fingerprint density at radius 3 is 2.27 bits per heavy atom. The Hall–Kier alpha value is -2.83. The van der Waals surface area contributed by atoms with Crippen LogP contribution in [-0.2, 0) is 6.54 Å². The molecular weight excluding hydrogens is 433 g/mol. The van der Waals surface area contributed by atoms with Crippen LogP contribution < -0.4 is 9.47 Å². The molecule has 5 rings (SSSR count). The van der Waals surface area contributed by atoms with E-state index in [0.717, 1.165) is 0 Å². The fourth-order valence-corrected chi connectivity index (χ4v) is 4.04. The first-order valence-corrected chi connectivity index (χ1v) is 9.95. The summed E-state index contributed by atoms with van der Waals surface area (Å²) in [5.74, 6) is 0.354. The highest BCUT2D eigenvalue weighted by Gasteiger charge is 2.23. The number of rotatable bonds is 3. The molecule has 8 heteroatoms. The predicted octanol–water partition coefficient (Wildman–Crippen LogP) is 6.11. The van der Waals surface area contributed by atoms with Crippen LogP contribution in [0.3, 0.4) is 0 Å². The summed E-state index contributed by atoms with van der Waals surface area (Å²) in [6.07, 6.45) is 0. The Labute approximate surface area is 180 Å². The largest absolute Gasteiger partial charge is 0.486 e. The van der Waals surface area contributed by atoms with Gasteiger partial charge < -0.3 is 14.0 Å². The third-order valence-corrected chi connectivity index (χ3v) is 5.65. The first-order valence-electron chi connectivity index (χ1n) is 9.20. The van der Waals surface area contributed by atoms with Gasteiger partial charge in [-0.25, -0.2) is 13.8 Å². The minimum Gasteiger partial charge on any atom is -0.486 e. The molecule has 0 saturated heterocycles. The van der Waals surface area contributed by atoms with E-state index < -0.39 is 11.6 Å². The quantitative estimate of drug-likeness (QED) is 0.381. The summed E-state index contributed by atoms with van der Waals surface area (Å²) < 4.78 is 42.3. The fourth-order valence-electron chi connectivity index (χ4n) is 3.57. The zero-order valence-electron chi connectivity index (χ0n) is 15.5. The van der Waals surface area contributed by atoms with Crippen LogP contribution in [0.4, 0.5) is 8.78 Å². The van der Waals surface area contributed by atoms with Crippen LogP contribution >= 0.6 is 23.2 Å². The van der Waals surface area contributed by atoms with Crippen molar-refractivity contribution in [3.05, 3.63) is 75.8 Å². The molecule has 0 aliphatic carbocycles. The number of benzene rings is 3. The van der Waals surface area contributed by atoms with E-state index in [0.29, 0.717) is 35.7 Å². The van der Waals surface area contributed by atoms with Crippen molar-refractivity contribution in [2.24, 2.45) is 0 Å². The van der Waals surface area contributed by atoms with Crippen molar-refractivity contribution in [3.8, 4) is 22.9 Å². The van der Waals surface area contributed by atoms with E-state index in [9.17, 15) is 8.78 Å². The SMILES string of the molecule is Fc1cccc(Cl)c1Cn1c(-c2c(F)cccc2Cl)nc2cc3c(cc21)OCCO3. The number of imidazole rings is 1. The molecule has 0 spiro atoms. The van der Waals surface area contributed by atoms with Crippen LogP contribution in [-0.4, -0.2) is 22.8 Å². The molecule has 4 aromatic rings. The standard InChI is InChI=1S/C22H14Cl2F2N2O2/c23-13-3-1-5-15(25)12(13)11-28-18-10-20-19(29-7-8-30-20)9-17(18)27-22(28)21-14(24)4-2-6-16(21)26/h1-6,9-10H,7-8,11H2. The van der Waals surface area contributed by atoms with E-state index in [4.69, 9.17) is 32.7 Å². The van der Waals surface area contributed by atoms with Gasteiger partial charge in [0.05, 0.1) is 28.2 Å². The molecule has 30 heavy (non-hydrogen) atoms. The zero-order chi connectivity index (χ0) is 20.8. The Balaban J connectivity index is 1.79. The molecule has 1 aliphatic rings. The Morgan fingerprint density at radius 2 is 1.57 bits per heavy atom. The Kier molecular flexibility index (Phi) is 4.76.